The van der Waals surface area contributed by atoms with E-state index in [4.69, 9.17) is 9.72 Å². The third-order valence-electron chi connectivity index (χ3n) is 7.04. The number of piperidine rings is 1. The number of rotatable bonds is 8. The monoisotopic (exact) mass is 532 g/mol. The van der Waals surface area contributed by atoms with Gasteiger partial charge in [-0.15, -0.1) is 0 Å². The lowest BCUT2D eigenvalue weighted by atomic mass is 10.0. The van der Waals surface area contributed by atoms with Crippen LogP contribution in [0.4, 0.5) is 24.8 Å². The molecule has 0 bridgehead atoms. The van der Waals surface area contributed by atoms with Gasteiger partial charge in [0, 0.05) is 57.1 Å². The van der Waals surface area contributed by atoms with Crippen molar-refractivity contribution in [1.29, 1.82) is 0 Å². The summed E-state index contributed by atoms with van der Waals surface area (Å²) in [4.78, 5) is 27.7. The first-order chi connectivity index (χ1) is 18.0. The number of carbonyl (C=O) groups is 1. The Kier molecular flexibility index (Phi) is 8.15. The molecule has 0 aromatic carbocycles. The Labute approximate surface area is 221 Å². The van der Waals surface area contributed by atoms with Crippen LogP contribution in [0.3, 0.4) is 0 Å². The predicted molar refractivity (Wildman–Crippen MR) is 142 cm³/mol. The third-order valence-corrected chi connectivity index (χ3v) is 7.04. The van der Waals surface area contributed by atoms with Gasteiger partial charge in [-0.2, -0.15) is 13.2 Å². The minimum Gasteiger partial charge on any atom is -0.462 e. The Morgan fingerprint density at radius 2 is 1.87 bits per heavy atom. The molecule has 38 heavy (non-hydrogen) atoms. The van der Waals surface area contributed by atoms with Crippen molar-refractivity contribution in [3.05, 3.63) is 41.9 Å². The second-order valence-electron chi connectivity index (χ2n) is 9.78. The van der Waals surface area contributed by atoms with Crippen molar-refractivity contribution < 1.29 is 22.7 Å². The van der Waals surface area contributed by atoms with Gasteiger partial charge in [-0.05, 0) is 51.8 Å². The van der Waals surface area contributed by atoms with Gasteiger partial charge >= 0.3 is 12.1 Å². The van der Waals surface area contributed by atoms with Crippen LogP contribution in [0.5, 0.6) is 0 Å². The maximum Gasteiger partial charge on any atom is 0.401 e. The molecule has 1 aliphatic rings. The summed E-state index contributed by atoms with van der Waals surface area (Å²) in [5.74, 6) is 1.17. The molecule has 8 nitrogen and oxygen atoms in total. The van der Waals surface area contributed by atoms with Crippen LogP contribution in [0.1, 0.15) is 42.6 Å². The molecule has 0 radical (unpaired) electrons. The zero-order valence-corrected chi connectivity index (χ0v) is 22.5. The summed E-state index contributed by atoms with van der Waals surface area (Å²) in [6, 6.07) is 5.66. The number of hydrogen-bond acceptors (Lipinski definition) is 7. The molecular weight excluding hydrogens is 497 g/mol. The number of fused-ring (bicyclic) bond motifs is 1. The number of aromatic nitrogens is 3. The number of imidazole rings is 1. The number of carbonyl (C=O) groups excluding carboxylic acids is 1. The lowest BCUT2D eigenvalue weighted by Crippen LogP contribution is -2.48. The first kappa shape index (κ1) is 27.7. The van der Waals surface area contributed by atoms with Gasteiger partial charge in [0.15, 0.2) is 0 Å². The molecule has 4 heterocycles. The number of likely N-dealkylation sites (tertiary alicyclic amines) is 1. The number of halogens is 3. The summed E-state index contributed by atoms with van der Waals surface area (Å²) >= 11 is 0. The smallest absolute Gasteiger partial charge is 0.401 e. The summed E-state index contributed by atoms with van der Waals surface area (Å²) < 4.78 is 46.2. The van der Waals surface area contributed by atoms with Gasteiger partial charge in [-0.25, -0.2) is 14.8 Å². The molecule has 0 atom stereocenters. The van der Waals surface area contributed by atoms with Crippen LogP contribution >= 0.6 is 0 Å². The average Bonchev–Trinajstić information content (AvgIpc) is 3.29. The van der Waals surface area contributed by atoms with E-state index in [0.717, 1.165) is 28.3 Å². The Balaban J connectivity index is 1.80. The van der Waals surface area contributed by atoms with Gasteiger partial charge in [0.05, 0.1) is 29.9 Å². The summed E-state index contributed by atoms with van der Waals surface area (Å²) in [5.41, 5.74) is 3.52. The van der Waals surface area contributed by atoms with Crippen LogP contribution in [0.15, 0.2) is 30.7 Å². The number of hydrogen-bond donors (Lipinski definition) is 0. The lowest BCUT2D eigenvalue weighted by Gasteiger charge is -2.40. The fourth-order valence-corrected chi connectivity index (χ4v) is 5.24. The van der Waals surface area contributed by atoms with Gasteiger partial charge in [0.25, 0.3) is 0 Å². The van der Waals surface area contributed by atoms with Crippen LogP contribution in [-0.2, 0) is 4.74 Å². The van der Waals surface area contributed by atoms with Crippen LogP contribution < -0.4 is 9.80 Å². The van der Waals surface area contributed by atoms with E-state index in [0.29, 0.717) is 43.7 Å². The third kappa shape index (κ3) is 5.72. The normalized spacial score (nSPS) is 15.2. The first-order valence-electron chi connectivity index (χ1n) is 12.9. The lowest BCUT2D eigenvalue weighted by molar-refractivity contribution is -0.147. The van der Waals surface area contributed by atoms with Crippen LogP contribution in [0.2, 0.25) is 0 Å². The van der Waals surface area contributed by atoms with Crippen molar-refractivity contribution >= 4 is 23.1 Å². The summed E-state index contributed by atoms with van der Waals surface area (Å²) in [5, 5.41) is 0. The second kappa shape index (κ2) is 11.2. The van der Waals surface area contributed by atoms with Gasteiger partial charge in [-0.3, -0.25) is 9.30 Å². The molecule has 206 valence electrons. The Morgan fingerprint density at radius 1 is 1.16 bits per heavy atom. The molecule has 0 amide bonds. The molecule has 0 saturated carbocycles. The van der Waals surface area contributed by atoms with E-state index >= 15 is 0 Å². The van der Waals surface area contributed by atoms with Crippen molar-refractivity contribution in [2.75, 3.05) is 56.7 Å². The number of ether oxygens (including phenoxy) is 1. The maximum atomic E-state index is 13.0. The quantitative estimate of drug-likeness (QED) is 0.386. The van der Waals surface area contributed by atoms with Gasteiger partial charge in [0.2, 0.25) is 0 Å². The first-order valence-corrected chi connectivity index (χ1v) is 12.9. The largest absolute Gasteiger partial charge is 0.462 e. The van der Waals surface area contributed by atoms with Crippen LogP contribution in [0.25, 0.3) is 16.8 Å². The number of anilines is 2. The predicted octanol–water partition coefficient (Wildman–Crippen LogP) is 4.80. The molecule has 1 saturated heterocycles. The summed E-state index contributed by atoms with van der Waals surface area (Å²) in [6.45, 7) is 6.38. The van der Waals surface area contributed by atoms with Gasteiger partial charge < -0.3 is 14.5 Å². The highest BCUT2D eigenvalue weighted by Gasteiger charge is 2.34. The minimum absolute atomic E-state index is 0.0240. The maximum absolute atomic E-state index is 13.0. The molecule has 4 rings (SSSR count). The highest BCUT2D eigenvalue weighted by molar-refractivity contribution is 5.96. The molecule has 1 aliphatic heterocycles. The van der Waals surface area contributed by atoms with Crippen molar-refractivity contribution in [3.63, 3.8) is 0 Å². The van der Waals surface area contributed by atoms with Crippen molar-refractivity contribution in [2.24, 2.45) is 0 Å². The Hall–Kier alpha value is -3.34. The SMILES string of the molecule is CCOC(=O)c1cc2c(-c3ccnc(N(C)C)c3)ncn2c(N(CC)C2CCN(CC(F)(F)F)CC2)c1C. The number of pyridine rings is 2. The standard InChI is InChI=1S/C27H35F3N6O2/c1-6-35(20-9-12-34(13-10-20)16-27(28,29)30)25-18(3)21(26(37)38-7-2)15-22-24(32-17-36(22)25)19-8-11-31-23(14-19)33(4)5/h8,11,14-15,17,20H,6-7,9-10,12-13,16H2,1-5H3. The topological polar surface area (TPSA) is 66.2 Å². The van der Waals surface area contributed by atoms with Gasteiger partial charge in [-0.1, -0.05) is 0 Å². The highest BCUT2D eigenvalue weighted by atomic mass is 19.4. The second-order valence-corrected chi connectivity index (χ2v) is 9.78. The molecule has 0 spiro atoms. The molecule has 3 aromatic rings. The molecular formula is C27H35F3N6O2. The van der Waals surface area contributed by atoms with E-state index in [1.165, 1.54) is 4.90 Å². The zero-order valence-electron chi connectivity index (χ0n) is 22.5. The van der Waals surface area contributed by atoms with E-state index in [2.05, 4.69) is 9.88 Å². The molecule has 0 aliphatic carbocycles. The number of esters is 1. The van der Waals surface area contributed by atoms with E-state index in [-0.39, 0.29) is 12.6 Å². The van der Waals surface area contributed by atoms with Crippen molar-refractivity contribution in [2.45, 2.75) is 45.8 Å². The highest BCUT2D eigenvalue weighted by Crippen LogP contribution is 2.35. The minimum atomic E-state index is -4.21. The van der Waals surface area contributed by atoms with E-state index in [9.17, 15) is 18.0 Å². The average molecular weight is 533 g/mol. The van der Waals surface area contributed by atoms with Crippen LogP contribution in [-0.4, -0.2) is 84.3 Å². The van der Waals surface area contributed by atoms with E-state index in [1.807, 2.05) is 55.4 Å². The molecule has 0 unspecified atom stereocenters. The fraction of sp³-hybridized carbons (Fsp3) is 0.519. The number of nitrogens with zero attached hydrogens (tertiary/aromatic N) is 6. The van der Waals surface area contributed by atoms with E-state index < -0.39 is 18.7 Å². The van der Waals surface area contributed by atoms with Crippen LogP contribution in [0, 0.1) is 6.92 Å². The molecule has 1 fully saturated rings. The summed E-state index contributed by atoms with van der Waals surface area (Å²) in [7, 11) is 3.83. The zero-order chi connectivity index (χ0) is 27.6. The molecule has 0 N–H and O–H groups in total. The van der Waals surface area contributed by atoms with E-state index in [1.54, 1.807) is 19.4 Å². The summed E-state index contributed by atoms with van der Waals surface area (Å²) in [6.07, 6.45) is 0.448. The Morgan fingerprint density at radius 3 is 2.47 bits per heavy atom. The Bertz CT molecular complexity index is 1280. The van der Waals surface area contributed by atoms with Gasteiger partial charge in [0.1, 0.15) is 18.0 Å². The van der Waals surface area contributed by atoms with Crippen molar-refractivity contribution in [3.8, 4) is 11.3 Å². The molecule has 11 heteroatoms. The van der Waals surface area contributed by atoms with Crippen molar-refractivity contribution in [1.82, 2.24) is 19.3 Å². The molecule has 3 aromatic heterocycles. The fourth-order valence-electron chi connectivity index (χ4n) is 5.24. The number of alkyl halides is 3.